The summed E-state index contributed by atoms with van der Waals surface area (Å²) in [6.07, 6.45) is 0.898. The van der Waals surface area contributed by atoms with Crippen LogP contribution in [0.1, 0.15) is 22.8 Å². The monoisotopic (exact) mass is 393 g/mol. The Balaban J connectivity index is 2.11. The van der Waals surface area contributed by atoms with Crippen LogP contribution in [0.3, 0.4) is 0 Å². The first-order valence-corrected chi connectivity index (χ1v) is 9.46. The molecule has 1 amide bonds. The third kappa shape index (κ3) is 4.71. The van der Waals surface area contributed by atoms with Gasteiger partial charge in [-0.15, -0.1) is 11.8 Å². The maximum atomic E-state index is 12.4. The lowest BCUT2D eigenvalue weighted by Gasteiger charge is -2.16. The molecule has 0 aliphatic rings. The number of amides is 1. The zero-order valence-electron chi connectivity index (χ0n) is 15.0. The second-order valence-corrected chi connectivity index (χ2v) is 6.79. The second kappa shape index (κ2) is 8.96. The largest absolute Gasteiger partial charge is 0.495 e. The van der Waals surface area contributed by atoms with Crippen LogP contribution in [0, 0.1) is 6.92 Å². The topological polar surface area (TPSA) is 64.6 Å². The van der Waals surface area contributed by atoms with Gasteiger partial charge in [0.05, 0.1) is 18.4 Å². The minimum absolute atomic E-state index is 0.430. The number of aryl methyl sites for hydroxylation is 1. The summed E-state index contributed by atoms with van der Waals surface area (Å²) in [4.78, 5) is 25.6. The van der Waals surface area contributed by atoms with Crippen molar-refractivity contribution < 1.29 is 19.1 Å². The molecule has 138 valence electrons. The lowest BCUT2D eigenvalue weighted by molar-refractivity contribution is -0.123. The van der Waals surface area contributed by atoms with Crippen LogP contribution >= 0.6 is 23.4 Å². The normalized spacial score (nSPS) is 11.6. The van der Waals surface area contributed by atoms with Crippen LogP contribution in [0.2, 0.25) is 5.02 Å². The molecule has 0 unspecified atom stereocenters. The number of esters is 1. The number of hydrogen-bond donors (Lipinski definition) is 1. The Hall–Kier alpha value is -2.18. The number of halogens is 1. The quantitative estimate of drug-likeness (QED) is 0.575. The predicted octanol–water partition coefficient (Wildman–Crippen LogP) is 4.56. The van der Waals surface area contributed by atoms with E-state index in [1.54, 1.807) is 24.3 Å². The molecule has 0 aliphatic carbocycles. The van der Waals surface area contributed by atoms with E-state index in [0.717, 1.165) is 10.5 Å². The number of nitrogens with one attached hydrogen (secondary N) is 1. The van der Waals surface area contributed by atoms with E-state index in [1.807, 2.05) is 25.3 Å². The molecule has 0 saturated heterocycles. The van der Waals surface area contributed by atoms with Gasteiger partial charge >= 0.3 is 5.97 Å². The Morgan fingerprint density at radius 1 is 1.23 bits per heavy atom. The summed E-state index contributed by atoms with van der Waals surface area (Å²) in [5, 5.41) is 3.24. The van der Waals surface area contributed by atoms with Crippen LogP contribution in [-0.2, 0) is 9.53 Å². The van der Waals surface area contributed by atoms with E-state index in [0.29, 0.717) is 22.0 Å². The molecule has 2 rings (SSSR count). The minimum Gasteiger partial charge on any atom is -0.495 e. The van der Waals surface area contributed by atoms with Gasteiger partial charge in [-0.3, -0.25) is 4.79 Å². The first kappa shape index (κ1) is 20.1. The third-order valence-electron chi connectivity index (χ3n) is 3.72. The average molecular weight is 394 g/mol. The van der Waals surface area contributed by atoms with Gasteiger partial charge in [0.2, 0.25) is 0 Å². The van der Waals surface area contributed by atoms with Crippen molar-refractivity contribution in [2.24, 2.45) is 0 Å². The Morgan fingerprint density at radius 2 is 1.92 bits per heavy atom. The molecule has 0 bridgehead atoms. The number of rotatable bonds is 6. The highest BCUT2D eigenvalue weighted by molar-refractivity contribution is 7.98. The molecule has 1 atom stereocenters. The molecule has 2 aromatic rings. The van der Waals surface area contributed by atoms with E-state index < -0.39 is 18.0 Å². The molecule has 1 N–H and O–H groups in total. The molecule has 0 fully saturated rings. The van der Waals surface area contributed by atoms with Crippen molar-refractivity contribution in [3.05, 3.63) is 52.5 Å². The van der Waals surface area contributed by atoms with Gasteiger partial charge in [0.25, 0.3) is 5.91 Å². The number of ether oxygens (including phenoxy) is 2. The molecule has 5 nitrogen and oxygen atoms in total. The number of benzene rings is 2. The van der Waals surface area contributed by atoms with Crippen LogP contribution in [0.15, 0.2) is 41.3 Å². The molecular formula is C19H20ClNO4S. The summed E-state index contributed by atoms with van der Waals surface area (Å²) in [6.45, 7) is 3.34. The average Bonchev–Trinajstić information content (AvgIpc) is 2.64. The van der Waals surface area contributed by atoms with Crippen molar-refractivity contribution in [3.8, 4) is 5.75 Å². The van der Waals surface area contributed by atoms with Gasteiger partial charge in [-0.1, -0.05) is 23.7 Å². The van der Waals surface area contributed by atoms with Gasteiger partial charge in [-0.05, 0) is 43.9 Å². The summed E-state index contributed by atoms with van der Waals surface area (Å²) >= 11 is 7.50. The van der Waals surface area contributed by atoms with E-state index in [4.69, 9.17) is 21.1 Å². The summed E-state index contributed by atoms with van der Waals surface area (Å²) in [5.41, 5.74) is 1.69. The Labute approximate surface area is 162 Å². The Bertz CT molecular complexity index is 825. The summed E-state index contributed by atoms with van der Waals surface area (Å²) in [7, 11) is 1.49. The van der Waals surface area contributed by atoms with E-state index in [9.17, 15) is 9.59 Å². The SMILES string of the molecule is COc1cc(Cl)c(C)cc1NC(=O)[C@H](C)OC(=O)c1ccccc1SC. The number of carbonyl (C=O) groups excluding carboxylic acids is 2. The fourth-order valence-corrected chi connectivity index (χ4v) is 2.99. The molecule has 0 aromatic heterocycles. The van der Waals surface area contributed by atoms with Crippen molar-refractivity contribution in [1.82, 2.24) is 0 Å². The standard InChI is InChI=1S/C19H20ClNO4S/c1-11-9-15(16(24-3)10-14(11)20)21-18(22)12(2)25-19(23)13-7-5-6-8-17(13)26-4/h5-10,12H,1-4H3,(H,21,22)/t12-/m0/s1. The van der Waals surface area contributed by atoms with Gasteiger partial charge in [0, 0.05) is 16.0 Å². The molecule has 0 spiro atoms. The van der Waals surface area contributed by atoms with Crippen LogP contribution in [-0.4, -0.2) is 31.3 Å². The zero-order valence-corrected chi connectivity index (χ0v) is 16.5. The van der Waals surface area contributed by atoms with Crippen molar-refractivity contribution in [1.29, 1.82) is 0 Å². The van der Waals surface area contributed by atoms with Crippen LogP contribution in [0.5, 0.6) is 5.75 Å². The van der Waals surface area contributed by atoms with E-state index in [2.05, 4.69) is 5.32 Å². The fraction of sp³-hybridized carbons (Fsp3) is 0.263. The first-order valence-electron chi connectivity index (χ1n) is 7.86. The number of anilines is 1. The minimum atomic E-state index is -0.974. The second-order valence-electron chi connectivity index (χ2n) is 5.54. The molecule has 0 aliphatic heterocycles. The van der Waals surface area contributed by atoms with Crippen molar-refractivity contribution >= 4 is 40.9 Å². The smallest absolute Gasteiger partial charge is 0.340 e. The molecule has 0 heterocycles. The van der Waals surface area contributed by atoms with Gasteiger partial charge in [0.15, 0.2) is 6.10 Å². The summed E-state index contributed by atoms with van der Waals surface area (Å²) in [5.74, 6) is -0.572. The molecular weight excluding hydrogens is 374 g/mol. The lowest BCUT2D eigenvalue weighted by Crippen LogP contribution is -2.30. The lowest BCUT2D eigenvalue weighted by atomic mass is 10.2. The van der Waals surface area contributed by atoms with Crippen molar-refractivity contribution in [2.75, 3.05) is 18.7 Å². The van der Waals surface area contributed by atoms with Crippen LogP contribution < -0.4 is 10.1 Å². The highest BCUT2D eigenvalue weighted by Crippen LogP contribution is 2.31. The van der Waals surface area contributed by atoms with E-state index in [-0.39, 0.29) is 0 Å². The molecule has 0 saturated carbocycles. The zero-order chi connectivity index (χ0) is 19.3. The highest BCUT2D eigenvalue weighted by atomic mass is 35.5. The molecule has 0 radical (unpaired) electrons. The number of carbonyl (C=O) groups is 2. The Kier molecular flexibility index (Phi) is 6.94. The molecule has 7 heteroatoms. The van der Waals surface area contributed by atoms with Gasteiger partial charge in [-0.2, -0.15) is 0 Å². The number of methoxy groups -OCH3 is 1. The maximum Gasteiger partial charge on any atom is 0.340 e. The fourth-order valence-electron chi connectivity index (χ4n) is 2.26. The predicted molar refractivity (Wildman–Crippen MR) is 104 cm³/mol. The van der Waals surface area contributed by atoms with Crippen LogP contribution in [0.25, 0.3) is 0 Å². The Morgan fingerprint density at radius 3 is 2.58 bits per heavy atom. The van der Waals surface area contributed by atoms with Crippen molar-refractivity contribution in [3.63, 3.8) is 0 Å². The van der Waals surface area contributed by atoms with Gasteiger partial charge < -0.3 is 14.8 Å². The summed E-state index contributed by atoms with van der Waals surface area (Å²) < 4.78 is 10.5. The molecule has 26 heavy (non-hydrogen) atoms. The van der Waals surface area contributed by atoms with E-state index >= 15 is 0 Å². The van der Waals surface area contributed by atoms with Crippen molar-refractivity contribution in [2.45, 2.75) is 24.8 Å². The highest BCUT2D eigenvalue weighted by Gasteiger charge is 2.22. The molecule has 2 aromatic carbocycles. The number of thioether (sulfide) groups is 1. The van der Waals surface area contributed by atoms with E-state index in [1.165, 1.54) is 25.8 Å². The van der Waals surface area contributed by atoms with Gasteiger partial charge in [0.1, 0.15) is 5.75 Å². The van der Waals surface area contributed by atoms with Gasteiger partial charge in [-0.25, -0.2) is 4.79 Å². The number of hydrogen-bond acceptors (Lipinski definition) is 5. The van der Waals surface area contributed by atoms with Crippen LogP contribution in [0.4, 0.5) is 5.69 Å². The maximum absolute atomic E-state index is 12.4. The first-order chi connectivity index (χ1) is 12.4. The summed E-state index contributed by atoms with van der Waals surface area (Å²) in [6, 6.07) is 10.4. The third-order valence-corrected chi connectivity index (χ3v) is 4.92.